The van der Waals surface area contributed by atoms with Gasteiger partial charge in [-0.15, -0.1) is 0 Å². The maximum absolute atomic E-state index is 5.81. The molecule has 0 amide bonds. The largest absolute Gasteiger partial charge is 0.497 e. The molecule has 0 aromatic heterocycles. The molecule has 5 heteroatoms. The summed E-state index contributed by atoms with van der Waals surface area (Å²) >= 11 is 0. The zero-order valence-corrected chi connectivity index (χ0v) is 13.5. The Labute approximate surface area is 127 Å². The smallest absolute Gasteiger partial charge is 0.127 e. The first kappa shape index (κ1) is 17.8. The molecule has 0 fully saturated rings. The first-order valence-electron chi connectivity index (χ1n) is 7.28. The van der Waals surface area contributed by atoms with Crippen LogP contribution in [0.2, 0.25) is 0 Å². The highest BCUT2D eigenvalue weighted by molar-refractivity contribution is 5.40. The summed E-state index contributed by atoms with van der Waals surface area (Å²) < 4.78 is 21.6. The van der Waals surface area contributed by atoms with Gasteiger partial charge in [-0.25, -0.2) is 0 Å². The predicted octanol–water partition coefficient (Wildman–Crippen LogP) is 2.23. The summed E-state index contributed by atoms with van der Waals surface area (Å²) in [6.45, 7) is 7.34. The van der Waals surface area contributed by atoms with Crippen LogP contribution in [-0.4, -0.2) is 46.7 Å². The number of ether oxygens (including phenoxy) is 4. The van der Waals surface area contributed by atoms with Crippen molar-refractivity contribution in [2.75, 3.05) is 40.6 Å². The van der Waals surface area contributed by atoms with Gasteiger partial charge < -0.3 is 24.3 Å². The minimum atomic E-state index is 0.217. The normalized spacial score (nSPS) is 10.9. The lowest BCUT2D eigenvalue weighted by molar-refractivity contribution is 0.0550. The summed E-state index contributed by atoms with van der Waals surface area (Å²) in [5.74, 6) is 1.61. The Morgan fingerprint density at radius 2 is 1.90 bits per heavy atom. The van der Waals surface area contributed by atoms with Crippen LogP contribution in [0.25, 0.3) is 0 Å². The van der Waals surface area contributed by atoms with Crippen molar-refractivity contribution in [3.63, 3.8) is 0 Å². The Kier molecular flexibility index (Phi) is 8.82. The fraction of sp³-hybridized carbons (Fsp3) is 0.625. The molecule has 21 heavy (non-hydrogen) atoms. The zero-order valence-electron chi connectivity index (χ0n) is 13.5. The standard InChI is InChI=1S/C16H27NO4/c1-13(2)20-9-10-21-16-11-15(19-4)6-5-14(16)12-17-7-8-18-3/h5-6,11,13,17H,7-10,12H2,1-4H3. The molecule has 0 atom stereocenters. The van der Waals surface area contributed by atoms with E-state index < -0.39 is 0 Å². The van der Waals surface area contributed by atoms with E-state index in [1.54, 1.807) is 14.2 Å². The summed E-state index contributed by atoms with van der Waals surface area (Å²) in [4.78, 5) is 0. The molecule has 0 unspecified atom stereocenters. The van der Waals surface area contributed by atoms with Gasteiger partial charge in [-0.1, -0.05) is 6.07 Å². The van der Waals surface area contributed by atoms with Crippen molar-refractivity contribution >= 4 is 0 Å². The molecule has 0 saturated heterocycles. The van der Waals surface area contributed by atoms with Gasteiger partial charge in [0.25, 0.3) is 0 Å². The molecule has 5 nitrogen and oxygen atoms in total. The van der Waals surface area contributed by atoms with E-state index in [4.69, 9.17) is 18.9 Å². The van der Waals surface area contributed by atoms with Crippen LogP contribution < -0.4 is 14.8 Å². The lowest BCUT2D eigenvalue weighted by Gasteiger charge is -2.14. The molecule has 1 aromatic rings. The number of methoxy groups -OCH3 is 2. The van der Waals surface area contributed by atoms with Gasteiger partial charge in [-0.05, 0) is 19.9 Å². The molecule has 0 spiro atoms. The summed E-state index contributed by atoms with van der Waals surface area (Å²) in [7, 11) is 3.34. The van der Waals surface area contributed by atoms with Crippen LogP contribution in [-0.2, 0) is 16.0 Å². The summed E-state index contributed by atoms with van der Waals surface area (Å²) in [6, 6.07) is 5.85. The van der Waals surface area contributed by atoms with Crippen LogP contribution in [0.1, 0.15) is 19.4 Å². The summed E-state index contributed by atoms with van der Waals surface area (Å²) in [6.07, 6.45) is 0.217. The highest BCUT2D eigenvalue weighted by Crippen LogP contribution is 2.24. The molecular formula is C16H27NO4. The van der Waals surface area contributed by atoms with Crippen LogP contribution in [0.15, 0.2) is 18.2 Å². The van der Waals surface area contributed by atoms with Gasteiger partial charge in [0.1, 0.15) is 18.1 Å². The molecule has 0 aliphatic rings. The topological polar surface area (TPSA) is 49.0 Å². The second kappa shape index (κ2) is 10.4. The van der Waals surface area contributed by atoms with Gasteiger partial charge in [0.15, 0.2) is 0 Å². The van der Waals surface area contributed by atoms with Crippen molar-refractivity contribution in [1.29, 1.82) is 0 Å². The van der Waals surface area contributed by atoms with E-state index in [1.165, 1.54) is 0 Å². The van der Waals surface area contributed by atoms with Gasteiger partial charge in [-0.3, -0.25) is 0 Å². The molecule has 0 heterocycles. The number of hydrogen-bond donors (Lipinski definition) is 1. The van der Waals surface area contributed by atoms with E-state index in [2.05, 4.69) is 5.32 Å². The second-order valence-corrected chi connectivity index (χ2v) is 4.91. The molecule has 1 aromatic carbocycles. The van der Waals surface area contributed by atoms with E-state index >= 15 is 0 Å². The first-order chi connectivity index (χ1) is 10.2. The molecule has 0 bridgehead atoms. The lowest BCUT2D eigenvalue weighted by atomic mass is 10.2. The van der Waals surface area contributed by atoms with Crippen LogP contribution in [0.4, 0.5) is 0 Å². The van der Waals surface area contributed by atoms with Gasteiger partial charge >= 0.3 is 0 Å². The van der Waals surface area contributed by atoms with E-state index in [0.29, 0.717) is 19.8 Å². The predicted molar refractivity (Wildman–Crippen MR) is 83.2 cm³/mol. The van der Waals surface area contributed by atoms with Crippen LogP contribution in [0.3, 0.4) is 0 Å². The minimum Gasteiger partial charge on any atom is -0.497 e. The lowest BCUT2D eigenvalue weighted by Crippen LogP contribution is -2.19. The Hall–Kier alpha value is -1.30. The number of nitrogens with one attached hydrogen (secondary N) is 1. The highest BCUT2D eigenvalue weighted by Gasteiger charge is 2.06. The molecule has 0 aliphatic heterocycles. The highest BCUT2D eigenvalue weighted by atomic mass is 16.5. The van der Waals surface area contributed by atoms with E-state index in [-0.39, 0.29) is 6.10 Å². The van der Waals surface area contributed by atoms with Crippen molar-refractivity contribution in [1.82, 2.24) is 5.32 Å². The van der Waals surface area contributed by atoms with E-state index in [1.807, 2.05) is 32.0 Å². The second-order valence-electron chi connectivity index (χ2n) is 4.91. The van der Waals surface area contributed by atoms with Gasteiger partial charge in [0.2, 0.25) is 0 Å². The SMILES string of the molecule is COCCNCc1ccc(OC)cc1OCCOC(C)C. The van der Waals surface area contributed by atoms with Crippen molar-refractivity contribution < 1.29 is 18.9 Å². The third-order valence-corrected chi connectivity index (χ3v) is 2.86. The quantitative estimate of drug-likeness (QED) is 0.635. The fourth-order valence-electron chi connectivity index (χ4n) is 1.77. The zero-order chi connectivity index (χ0) is 15.5. The average molecular weight is 297 g/mol. The monoisotopic (exact) mass is 297 g/mol. The maximum atomic E-state index is 5.81. The first-order valence-corrected chi connectivity index (χ1v) is 7.28. The third kappa shape index (κ3) is 7.32. The Balaban J connectivity index is 2.55. The van der Waals surface area contributed by atoms with E-state index in [0.717, 1.165) is 30.2 Å². The molecule has 120 valence electrons. The fourth-order valence-corrected chi connectivity index (χ4v) is 1.77. The Bertz CT molecular complexity index is 396. The van der Waals surface area contributed by atoms with Crippen molar-refractivity contribution in [3.05, 3.63) is 23.8 Å². The molecule has 0 aliphatic carbocycles. The van der Waals surface area contributed by atoms with E-state index in [9.17, 15) is 0 Å². The van der Waals surface area contributed by atoms with Crippen LogP contribution in [0, 0.1) is 0 Å². The maximum Gasteiger partial charge on any atom is 0.127 e. The van der Waals surface area contributed by atoms with Gasteiger partial charge in [-0.2, -0.15) is 0 Å². The molecular weight excluding hydrogens is 270 g/mol. The van der Waals surface area contributed by atoms with Crippen LogP contribution in [0.5, 0.6) is 11.5 Å². The van der Waals surface area contributed by atoms with Crippen LogP contribution >= 0.6 is 0 Å². The molecule has 1 rings (SSSR count). The summed E-state index contributed by atoms with van der Waals surface area (Å²) in [5, 5.41) is 3.31. The van der Waals surface area contributed by atoms with Crippen molar-refractivity contribution in [3.8, 4) is 11.5 Å². The van der Waals surface area contributed by atoms with Crippen molar-refractivity contribution in [2.24, 2.45) is 0 Å². The average Bonchev–Trinajstić information content (AvgIpc) is 2.48. The van der Waals surface area contributed by atoms with Crippen molar-refractivity contribution in [2.45, 2.75) is 26.5 Å². The van der Waals surface area contributed by atoms with Gasteiger partial charge in [0.05, 0.1) is 26.4 Å². The third-order valence-electron chi connectivity index (χ3n) is 2.86. The summed E-state index contributed by atoms with van der Waals surface area (Å²) in [5.41, 5.74) is 1.09. The number of rotatable bonds is 11. The minimum absolute atomic E-state index is 0.217. The number of hydrogen-bond acceptors (Lipinski definition) is 5. The number of benzene rings is 1. The Morgan fingerprint density at radius 1 is 1.10 bits per heavy atom. The molecule has 1 N–H and O–H groups in total. The van der Waals surface area contributed by atoms with Gasteiger partial charge in [0, 0.05) is 31.8 Å². The molecule has 0 saturated carbocycles. The molecule has 0 radical (unpaired) electrons. The Morgan fingerprint density at radius 3 is 2.57 bits per heavy atom.